The first-order valence-corrected chi connectivity index (χ1v) is 7.97. The summed E-state index contributed by atoms with van der Waals surface area (Å²) in [6.07, 6.45) is 0. The molecule has 0 atom stereocenters. The Morgan fingerprint density at radius 1 is 0.808 bits per heavy atom. The molecular weight excluding hydrogens is 332 g/mol. The number of benzene rings is 3. The normalized spacial score (nSPS) is 10.3. The van der Waals surface area contributed by atoms with Gasteiger partial charge in [0.2, 0.25) is 0 Å². The summed E-state index contributed by atoms with van der Waals surface area (Å²) in [4.78, 5) is 12.4. The van der Waals surface area contributed by atoms with E-state index in [1.807, 2.05) is 6.07 Å². The van der Waals surface area contributed by atoms with Crippen LogP contribution in [0.1, 0.15) is 15.9 Å². The first kappa shape index (κ1) is 17.2. The van der Waals surface area contributed by atoms with Gasteiger partial charge in [0.15, 0.2) is 0 Å². The average molecular weight is 350 g/mol. The number of rotatable bonds is 5. The second-order valence-corrected chi connectivity index (χ2v) is 5.72. The number of aromatic hydroxyl groups is 3. The summed E-state index contributed by atoms with van der Waals surface area (Å²) in [5.74, 6) is -0.467. The highest BCUT2D eigenvalue weighted by Crippen LogP contribution is 2.26. The van der Waals surface area contributed by atoms with Gasteiger partial charge in [-0.05, 0) is 48.5 Å². The summed E-state index contributed by atoms with van der Waals surface area (Å²) in [5, 5.41) is 35.1. The topological polar surface area (TPSA) is 102 Å². The molecule has 0 aliphatic heterocycles. The van der Waals surface area contributed by atoms with Gasteiger partial charge in [-0.1, -0.05) is 18.2 Å². The maximum absolute atomic E-state index is 12.4. The van der Waals surface area contributed by atoms with Crippen LogP contribution in [0.25, 0.3) is 0 Å². The first-order chi connectivity index (χ1) is 12.5. The summed E-state index contributed by atoms with van der Waals surface area (Å²) < 4.78 is 0. The Kier molecular flexibility index (Phi) is 4.94. The van der Waals surface area contributed by atoms with Crippen LogP contribution in [0, 0.1) is 0 Å². The largest absolute Gasteiger partial charge is 0.508 e. The molecule has 5 N–H and O–H groups in total. The third kappa shape index (κ3) is 4.05. The van der Waals surface area contributed by atoms with Crippen molar-refractivity contribution in [2.75, 3.05) is 10.6 Å². The van der Waals surface area contributed by atoms with Crippen LogP contribution in [0.4, 0.5) is 11.4 Å². The quantitative estimate of drug-likeness (QED) is 0.452. The molecule has 3 rings (SSSR count). The van der Waals surface area contributed by atoms with Crippen LogP contribution in [0.2, 0.25) is 0 Å². The standard InChI is InChI=1S/C20H18N2O4/c23-16-7-9-18(24)13(10-16)12-21-15-6-8-19(25)17(11-15)20(26)22-14-4-2-1-3-5-14/h1-11,21,23-25H,12H2,(H,22,26). The molecule has 0 aromatic heterocycles. The number of phenolic OH excluding ortho intramolecular Hbond substituents is 3. The fourth-order valence-electron chi connectivity index (χ4n) is 2.46. The number of hydrogen-bond acceptors (Lipinski definition) is 5. The lowest BCUT2D eigenvalue weighted by Crippen LogP contribution is -2.12. The molecule has 0 fully saturated rings. The molecule has 0 aliphatic carbocycles. The number of para-hydroxylation sites is 1. The van der Waals surface area contributed by atoms with Crippen molar-refractivity contribution in [1.82, 2.24) is 0 Å². The number of anilines is 2. The van der Waals surface area contributed by atoms with Crippen molar-refractivity contribution in [3.05, 3.63) is 77.9 Å². The fraction of sp³-hybridized carbons (Fsp3) is 0.0500. The SMILES string of the molecule is O=C(Nc1ccccc1)c1cc(NCc2cc(O)ccc2O)ccc1O. The minimum atomic E-state index is -0.433. The van der Waals surface area contributed by atoms with E-state index in [0.717, 1.165) is 0 Å². The van der Waals surface area contributed by atoms with Gasteiger partial charge in [0.05, 0.1) is 5.56 Å². The van der Waals surface area contributed by atoms with Gasteiger partial charge >= 0.3 is 0 Å². The van der Waals surface area contributed by atoms with E-state index in [2.05, 4.69) is 10.6 Å². The molecule has 3 aromatic carbocycles. The minimum absolute atomic E-state index is 0.0493. The third-order valence-corrected chi connectivity index (χ3v) is 3.82. The number of amides is 1. The van der Waals surface area contributed by atoms with Gasteiger partial charge in [0, 0.05) is 23.5 Å². The Morgan fingerprint density at radius 3 is 2.31 bits per heavy atom. The highest BCUT2D eigenvalue weighted by atomic mass is 16.3. The predicted molar refractivity (Wildman–Crippen MR) is 99.6 cm³/mol. The van der Waals surface area contributed by atoms with Gasteiger partial charge in [-0.25, -0.2) is 0 Å². The summed E-state index contributed by atoms with van der Waals surface area (Å²) >= 11 is 0. The molecule has 6 nitrogen and oxygen atoms in total. The van der Waals surface area contributed by atoms with E-state index in [-0.39, 0.29) is 29.4 Å². The van der Waals surface area contributed by atoms with Crippen molar-refractivity contribution in [3.63, 3.8) is 0 Å². The minimum Gasteiger partial charge on any atom is -0.508 e. The molecule has 0 radical (unpaired) electrons. The van der Waals surface area contributed by atoms with Crippen molar-refractivity contribution in [2.24, 2.45) is 0 Å². The number of carbonyl (C=O) groups excluding carboxylic acids is 1. The van der Waals surface area contributed by atoms with Crippen LogP contribution in [0.15, 0.2) is 66.7 Å². The van der Waals surface area contributed by atoms with Crippen LogP contribution >= 0.6 is 0 Å². The maximum atomic E-state index is 12.4. The maximum Gasteiger partial charge on any atom is 0.259 e. The van der Waals surface area contributed by atoms with Gasteiger partial charge in [0.1, 0.15) is 17.2 Å². The molecule has 3 aromatic rings. The van der Waals surface area contributed by atoms with E-state index < -0.39 is 5.91 Å². The van der Waals surface area contributed by atoms with Crippen LogP contribution < -0.4 is 10.6 Å². The van der Waals surface area contributed by atoms with Gasteiger partial charge in [0.25, 0.3) is 5.91 Å². The van der Waals surface area contributed by atoms with Gasteiger partial charge in [-0.15, -0.1) is 0 Å². The van der Waals surface area contributed by atoms with Gasteiger partial charge < -0.3 is 26.0 Å². The zero-order valence-electron chi connectivity index (χ0n) is 13.8. The second kappa shape index (κ2) is 7.48. The molecule has 0 bridgehead atoms. The smallest absolute Gasteiger partial charge is 0.259 e. The highest BCUT2D eigenvalue weighted by Gasteiger charge is 2.12. The summed E-state index contributed by atoms with van der Waals surface area (Å²) in [6, 6.07) is 17.8. The lowest BCUT2D eigenvalue weighted by molar-refractivity contribution is 0.102. The summed E-state index contributed by atoms with van der Waals surface area (Å²) in [7, 11) is 0. The molecule has 0 saturated carbocycles. The molecule has 6 heteroatoms. The first-order valence-electron chi connectivity index (χ1n) is 7.97. The van der Waals surface area contributed by atoms with Crippen molar-refractivity contribution < 1.29 is 20.1 Å². The molecular formula is C20H18N2O4. The van der Waals surface area contributed by atoms with Crippen molar-refractivity contribution in [1.29, 1.82) is 0 Å². The van der Waals surface area contributed by atoms with E-state index in [9.17, 15) is 20.1 Å². The van der Waals surface area contributed by atoms with E-state index >= 15 is 0 Å². The highest BCUT2D eigenvalue weighted by molar-refractivity contribution is 6.06. The Morgan fingerprint density at radius 2 is 1.54 bits per heavy atom. The average Bonchev–Trinajstić information content (AvgIpc) is 2.64. The Balaban J connectivity index is 1.75. The van der Waals surface area contributed by atoms with E-state index in [1.165, 1.54) is 30.3 Å². The predicted octanol–water partition coefficient (Wildman–Crippen LogP) is 3.67. The van der Waals surface area contributed by atoms with Gasteiger partial charge in [-0.2, -0.15) is 0 Å². The van der Waals surface area contributed by atoms with Crippen LogP contribution in [-0.2, 0) is 6.54 Å². The van der Waals surface area contributed by atoms with E-state index in [0.29, 0.717) is 16.9 Å². The molecule has 0 spiro atoms. The van der Waals surface area contributed by atoms with Crippen LogP contribution in [0.3, 0.4) is 0 Å². The summed E-state index contributed by atoms with van der Waals surface area (Å²) in [6.45, 7) is 0.241. The number of nitrogens with one attached hydrogen (secondary N) is 2. The molecule has 0 saturated heterocycles. The number of carbonyl (C=O) groups is 1. The Labute approximate surface area is 150 Å². The zero-order valence-corrected chi connectivity index (χ0v) is 13.8. The van der Waals surface area contributed by atoms with Crippen LogP contribution in [-0.4, -0.2) is 21.2 Å². The van der Waals surface area contributed by atoms with E-state index in [1.54, 1.807) is 30.3 Å². The number of hydrogen-bond donors (Lipinski definition) is 5. The molecule has 0 aliphatic rings. The molecule has 132 valence electrons. The van der Waals surface area contributed by atoms with Crippen LogP contribution in [0.5, 0.6) is 17.2 Å². The monoisotopic (exact) mass is 350 g/mol. The lowest BCUT2D eigenvalue weighted by Gasteiger charge is -2.11. The van der Waals surface area contributed by atoms with Crippen molar-refractivity contribution in [2.45, 2.75) is 6.54 Å². The fourth-order valence-corrected chi connectivity index (χ4v) is 2.46. The zero-order chi connectivity index (χ0) is 18.5. The van der Waals surface area contributed by atoms with E-state index in [4.69, 9.17) is 0 Å². The lowest BCUT2D eigenvalue weighted by atomic mass is 10.1. The number of phenols is 3. The van der Waals surface area contributed by atoms with Gasteiger partial charge in [-0.3, -0.25) is 4.79 Å². The second-order valence-electron chi connectivity index (χ2n) is 5.72. The molecule has 0 heterocycles. The molecule has 0 unspecified atom stereocenters. The Hall–Kier alpha value is -3.67. The third-order valence-electron chi connectivity index (χ3n) is 3.82. The summed E-state index contributed by atoms with van der Waals surface area (Å²) in [5.41, 5.74) is 1.84. The Bertz CT molecular complexity index is 926. The van der Waals surface area contributed by atoms with Crippen molar-refractivity contribution >= 4 is 17.3 Å². The molecule has 1 amide bonds. The van der Waals surface area contributed by atoms with Crippen molar-refractivity contribution in [3.8, 4) is 17.2 Å². The molecule has 26 heavy (non-hydrogen) atoms.